The second-order valence-corrected chi connectivity index (χ2v) is 14.4. The van der Waals surface area contributed by atoms with Crippen molar-refractivity contribution in [1.29, 1.82) is 0 Å². The zero-order valence-electron chi connectivity index (χ0n) is 30.9. The van der Waals surface area contributed by atoms with Crippen LogP contribution < -0.4 is 0 Å². The van der Waals surface area contributed by atoms with Crippen molar-refractivity contribution in [3.63, 3.8) is 0 Å². The molecule has 8 aromatic carbocycles. The standard InChI is InChI=1S/C53H34N4/c1-4-16-35(17-5-1)47-34-48(37-29-30-49-46(33-37)45-28-15-31-54-53(45)57(49)40-22-8-3-9-23-40)56-52(55-47)39-21-14-20-38(32-39)51-43-26-12-10-24-41(43)50(36-18-6-2-7-19-36)42-25-11-13-27-44(42)51/h1-34H. The van der Waals surface area contributed by atoms with Crippen molar-refractivity contribution in [3.05, 3.63) is 206 Å². The Hall–Kier alpha value is -7.69. The minimum absolute atomic E-state index is 0.677. The zero-order valence-corrected chi connectivity index (χ0v) is 30.9. The number of para-hydroxylation sites is 1. The van der Waals surface area contributed by atoms with Gasteiger partial charge in [-0.3, -0.25) is 4.57 Å². The maximum absolute atomic E-state index is 5.33. The van der Waals surface area contributed by atoms with Crippen LogP contribution in [0.2, 0.25) is 0 Å². The summed E-state index contributed by atoms with van der Waals surface area (Å²) in [5, 5.41) is 7.11. The number of pyridine rings is 1. The smallest absolute Gasteiger partial charge is 0.160 e. The van der Waals surface area contributed by atoms with E-state index in [1.54, 1.807) is 0 Å². The normalized spacial score (nSPS) is 11.5. The number of hydrogen-bond acceptors (Lipinski definition) is 3. The number of benzene rings is 8. The lowest BCUT2D eigenvalue weighted by atomic mass is 9.85. The molecule has 0 amide bonds. The second-order valence-electron chi connectivity index (χ2n) is 14.4. The Kier molecular flexibility index (Phi) is 7.78. The van der Waals surface area contributed by atoms with Gasteiger partial charge in [-0.25, -0.2) is 15.0 Å². The van der Waals surface area contributed by atoms with E-state index in [0.29, 0.717) is 5.82 Å². The second kappa shape index (κ2) is 13.6. The molecule has 0 atom stereocenters. The molecule has 0 unspecified atom stereocenters. The molecular weight excluding hydrogens is 693 g/mol. The van der Waals surface area contributed by atoms with Gasteiger partial charge < -0.3 is 0 Å². The Bertz CT molecular complexity index is 3220. The highest BCUT2D eigenvalue weighted by atomic mass is 15.0. The SMILES string of the molecule is c1ccc(-c2cc(-c3ccc4c(c3)c3cccnc3n4-c3ccccc3)nc(-c3cccc(-c4c5ccccc5c(-c5ccccc5)c5ccccc45)c3)n2)cc1. The van der Waals surface area contributed by atoms with Gasteiger partial charge in [0.15, 0.2) is 5.82 Å². The number of aromatic nitrogens is 4. The van der Waals surface area contributed by atoms with Gasteiger partial charge in [0.25, 0.3) is 0 Å². The largest absolute Gasteiger partial charge is 0.294 e. The van der Waals surface area contributed by atoms with E-state index in [4.69, 9.17) is 15.0 Å². The van der Waals surface area contributed by atoms with Crippen molar-refractivity contribution < 1.29 is 0 Å². The molecule has 4 nitrogen and oxygen atoms in total. The summed E-state index contributed by atoms with van der Waals surface area (Å²) in [4.78, 5) is 15.4. The highest BCUT2D eigenvalue weighted by molar-refractivity contribution is 6.21. The molecule has 0 saturated heterocycles. The number of nitrogens with zero attached hydrogens (tertiary/aromatic N) is 4. The molecule has 0 N–H and O–H groups in total. The van der Waals surface area contributed by atoms with Crippen LogP contribution in [-0.4, -0.2) is 19.5 Å². The Balaban J connectivity index is 1.11. The summed E-state index contributed by atoms with van der Waals surface area (Å²) in [6.07, 6.45) is 1.86. The van der Waals surface area contributed by atoms with Crippen LogP contribution in [0, 0.1) is 0 Å². The van der Waals surface area contributed by atoms with E-state index < -0.39 is 0 Å². The van der Waals surface area contributed by atoms with E-state index >= 15 is 0 Å². The fourth-order valence-electron chi connectivity index (χ4n) is 8.49. The predicted molar refractivity (Wildman–Crippen MR) is 236 cm³/mol. The van der Waals surface area contributed by atoms with E-state index in [9.17, 15) is 0 Å². The molecule has 3 heterocycles. The van der Waals surface area contributed by atoms with Crippen molar-refractivity contribution in [3.8, 4) is 61.8 Å². The molecule has 57 heavy (non-hydrogen) atoms. The molecule has 0 spiro atoms. The van der Waals surface area contributed by atoms with E-state index in [0.717, 1.165) is 61.3 Å². The van der Waals surface area contributed by atoms with Gasteiger partial charge in [-0.1, -0.05) is 152 Å². The van der Waals surface area contributed by atoms with Crippen LogP contribution in [0.4, 0.5) is 0 Å². The van der Waals surface area contributed by atoms with Crippen LogP contribution in [-0.2, 0) is 0 Å². The molecule has 4 heteroatoms. The zero-order chi connectivity index (χ0) is 37.7. The molecule has 0 aliphatic heterocycles. The van der Waals surface area contributed by atoms with Gasteiger partial charge in [0.2, 0.25) is 0 Å². The Morgan fingerprint density at radius 3 is 1.53 bits per heavy atom. The van der Waals surface area contributed by atoms with Gasteiger partial charge in [0, 0.05) is 39.3 Å². The van der Waals surface area contributed by atoms with Crippen LogP contribution in [0.5, 0.6) is 0 Å². The van der Waals surface area contributed by atoms with Crippen molar-refractivity contribution in [2.75, 3.05) is 0 Å². The Labute approximate surface area is 330 Å². The van der Waals surface area contributed by atoms with Crippen molar-refractivity contribution in [1.82, 2.24) is 19.5 Å². The molecule has 11 aromatic rings. The third-order valence-electron chi connectivity index (χ3n) is 11.0. The van der Waals surface area contributed by atoms with Gasteiger partial charge in [0.05, 0.1) is 16.9 Å². The van der Waals surface area contributed by atoms with Gasteiger partial charge in [-0.2, -0.15) is 0 Å². The van der Waals surface area contributed by atoms with E-state index in [1.165, 1.54) is 38.2 Å². The minimum Gasteiger partial charge on any atom is -0.294 e. The number of hydrogen-bond donors (Lipinski definition) is 0. The lowest BCUT2D eigenvalue weighted by Gasteiger charge is -2.18. The van der Waals surface area contributed by atoms with Crippen LogP contribution >= 0.6 is 0 Å². The highest BCUT2D eigenvalue weighted by Crippen LogP contribution is 2.44. The summed E-state index contributed by atoms with van der Waals surface area (Å²) in [5.41, 5.74) is 12.6. The van der Waals surface area contributed by atoms with Crippen molar-refractivity contribution in [2.24, 2.45) is 0 Å². The summed E-state index contributed by atoms with van der Waals surface area (Å²) in [6.45, 7) is 0. The van der Waals surface area contributed by atoms with E-state index in [2.05, 4.69) is 187 Å². The molecule has 0 aliphatic rings. The molecule has 0 fully saturated rings. The maximum Gasteiger partial charge on any atom is 0.160 e. The van der Waals surface area contributed by atoms with Gasteiger partial charge in [-0.15, -0.1) is 0 Å². The van der Waals surface area contributed by atoms with Crippen LogP contribution in [0.15, 0.2) is 206 Å². The monoisotopic (exact) mass is 726 g/mol. The fraction of sp³-hybridized carbons (Fsp3) is 0. The van der Waals surface area contributed by atoms with E-state index in [-0.39, 0.29) is 0 Å². The lowest BCUT2D eigenvalue weighted by Crippen LogP contribution is -1.97. The molecule has 0 aliphatic carbocycles. The summed E-state index contributed by atoms with van der Waals surface area (Å²) < 4.78 is 2.24. The van der Waals surface area contributed by atoms with Crippen molar-refractivity contribution in [2.45, 2.75) is 0 Å². The van der Waals surface area contributed by atoms with Gasteiger partial charge >= 0.3 is 0 Å². The van der Waals surface area contributed by atoms with Crippen LogP contribution in [0.25, 0.3) is 105 Å². The molecule has 266 valence electrons. The first-order valence-corrected chi connectivity index (χ1v) is 19.3. The lowest BCUT2D eigenvalue weighted by molar-refractivity contribution is 1.14. The average molecular weight is 727 g/mol. The number of rotatable bonds is 6. The molecule has 11 rings (SSSR count). The average Bonchev–Trinajstić information content (AvgIpc) is 3.62. The first kappa shape index (κ1) is 32.7. The van der Waals surface area contributed by atoms with Gasteiger partial charge in [0.1, 0.15) is 5.65 Å². The summed E-state index contributed by atoms with van der Waals surface area (Å²) in [6, 6.07) is 70.7. The molecule has 0 saturated carbocycles. The molecule has 3 aromatic heterocycles. The third kappa shape index (κ3) is 5.58. The summed E-state index contributed by atoms with van der Waals surface area (Å²) >= 11 is 0. The molecular formula is C53H34N4. The summed E-state index contributed by atoms with van der Waals surface area (Å²) in [5.74, 6) is 0.677. The predicted octanol–water partition coefficient (Wildman–Crippen LogP) is 13.6. The Morgan fingerprint density at radius 2 is 0.860 bits per heavy atom. The van der Waals surface area contributed by atoms with Crippen LogP contribution in [0.1, 0.15) is 0 Å². The van der Waals surface area contributed by atoms with Gasteiger partial charge in [-0.05, 0) is 92.3 Å². The molecule has 0 radical (unpaired) electrons. The van der Waals surface area contributed by atoms with Crippen molar-refractivity contribution >= 4 is 43.5 Å². The van der Waals surface area contributed by atoms with E-state index in [1.807, 2.05) is 24.4 Å². The third-order valence-corrected chi connectivity index (χ3v) is 11.0. The highest BCUT2D eigenvalue weighted by Gasteiger charge is 2.19. The Morgan fingerprint density at radius 1 is 0.333 bits per heavy atom. The molecule has 0 bridgehead atoms. The first-order chi connectivity index (χ1) is 28.3. The first-order valence-electron chi connectivity index (χ1n) is 19.3. The summed E-state index contributed by atoms with van der Waals surface area (Å²) in [7, 11) is 0. The van der Waals surface area contributed by atoms with Crippen LogP contribution in [0.3, 0.4) is 0 Å². The fourth-order valence-corrected chi connectivity index (χ4v) is 8.49. The quantitative estimate of drug-likeness (QED) is 0.160. The minimum atomic E-state index is 0.677. The number of fused-ring (bicyclic) bond motifs is 5. The topological polar surface area (TPSA) is 43.6 Å². The maximum atomic E-state index is 5.33.